The summed E-state index contributed by atoms with van der Waals surface area (Å²) in [7, 11) is -10.1. The zero-order chi connectivity index (χ0) is 30.1. The number of nitrogen functional groups attached to an aromatic ring is 1. The molecule has 216 valence electrons. The molecule has 0 spiro atoms. The molecule has 3 aromatic rings. The molecule has 0 heterocycles. The molecule has 0 bridgehead atoms. The van der Waals surface area contributed by atoms with Crippen LogP contribution in [0.3, 0.4) is 0 Å². The molecule has 5 nitrogen and oxygen atoms in total. The highest BCUT2D eigenvalue weighted by Crippen LogP contribution is 3.02. The van der Waals surface area contributed by atoms with Crippen LogP contribution in [-0.2, 0) is 4.79 Å². The van der Waals surface area contributed by atoms with Gasteiger partial charge in [-0.2, -0.15) is 0 Å². The van der Waals surface area contributed by atoms with E-state index >= 15 is 0 Å². The minimum atomic E-state index is -10.1. The van der Waals surface area contributed by atoms with E-state index < -0.39 is 66.1 Å². The summed E-state index contributed by atoms with van der Waals surface area (Å²) in [5.74, 6) is -6.81. The van der Waals surface area contributed by atoms with Crippen LogP contribution in [0.25, 0.3) is 0 Å². The fraction of sp³-hybridized carbons (Fsp3) is 0.130. The number of nitrogens with one attached hydrogen (secondary N) is 2. The van der Waals surface area contributed by atoms with Crippen LogP contribution in [0.4, 0.5) is 45.3 Å². The Labute approximate surface area is 245 Å². The summed E-state index contributed by atoms with van der Waals surface area (Å²) < 4.78 is 92.3. The Morgan fingerprint density at radius 2 is 1.60 bits per heavy atom. The second kappa shape index (κ2) is 9.31. The summed E-state index contributed by atoms with van der Waals surface area (Å²) in [6.45, 7) is 0. The fourth-order valence-corrected chi connectivity index (χ4v) is 6.31. The van der Waals surface area contributed by atoms with E-state index in [1.165, 1.54) is 12.1 Å². The van der Waals surface area contributed by atoms with Crippen molar-refractivity contribution in [2.24, 2.45) is 5.92 Å². The van der Waals surface area contributed by atoms with Gasteiger partial charge in [0.15, 0.2) is 5.82 Å². The molecule has 2 atom stereocenters. The molecule has 4 N–H and O–H groups in total. The highest BCUT2D eigenvalue weighted by molar-refractivity contribution is 9.10. The number of hydrogen-bond acceptors (Lipinski definition) is 3. The Hall–Kier alpha value is -2.39. The van der Waals surface area contributed by atoms with Gasteiger partial charge in [0.2, 0.25) is 5.91 Å². The summed E-state index contributed by atoms with van der Waals surface area (Å²) in [6, 6.07) is 6.79. The first-order valence-electron chi connectivity index (χ1n) is 10.7. The van der Waals surface area contributed by atoms with Crippen molar-refractivity contribution in [1.82, 2.24) is 0 Å². The molecule has 0 unspecified atom stereocenters. The summed E-state index contributed by atoms with van der Waals surface area (Å²) in [5, 5.41) is 4.42. The second-order valence-corrected chi connectivity index (χ2v) is 14.0. The number of halogens is 11. The normalized spacial score (nSPS) is 19.8. The van der Waals surface area contributed by atoms with Crippen molar-refractivity contribution in [3.8, 4) is 0 Å². The summed E-state index contributed by atoms with van der Waals surface area (Å²) in [4.78, 5) is 23.5. The molecule has 0 radical (unpaired) electrons. The van der Waals surface area contributed by atoms with Crippen LogP contribution < -0.4 is 16.4 Å². The third-order valence-electron chi connectivity index (χ3n) is 5.89. The molecule has 1 aliphatic rings. The molecule has 40 heavy (non-hydrogen) atoms. The highest BCUT2D eigenvalue weighted by Gasteiger charge is 2.69. The Morgan fingerprint density at radius 1 is 0.950 bits per heavy atom. The molecule has 17 heteroatoms. The van der Waals surface area contributed by atoms with Crippen LogP contribution in [0.1, 0.15) is 21.8 Å². The Morgan fingerprint density at radius 3 is 2.23 bits per heavy atom. The lowest BCUT2D eigenvalue weighted by atomic mass is 10.1. The summed E-state index contributed by atoms with van der Waals surface area (Å²) in [5.41, 5.74) is 3.33. The van der Waals surface area contributed by atoms with Crippen molar-refractivity contribution in [1.29, 1.82) is 0 Å². The van der Waals surface area contributed by atoms with Gasteiger partial charge in [0.05, 0.1) is 22.2 Å². The molecule has 0 aliphatic heterocycles. The monoisotopic (exact) mass is 713 g/mol. The Balaban J connectivity index is 1.57. The smallest absolute Gasteiger partial charge is 0.310 e. The van der Waals surface area contributed by atoms with Gasteiger partial charge in [-0.15, -0.1) is 23.2 Å². The van der Waals surface area contributed by atoms with Crippen molar-refractivity contribution >= 4 is 89.8 Å². The molecule has 2 amide bonds. The molecular weight excluding hydrogens is 702 g/mol. The molecule has 4 rings (SSSR count). The van der Waals surface area contributed by atoms with Crippen LogP contribution in [0.2, 0.25) is 5.02 Å². The Kier molecular flexibility index (Phi) is 7.12. The predicted octanol–water partition coefficient (Wildman–Crippen LogP) is 9.40. The van der Waals surface area contributed by atoms with Gasteiger partial charge in [-0.25, -0.2) is 8.78 Å². The fourth-order valence-electron chi connectivity index (χ4n) is 3.91. The van der Waals surface area contributed by atoms with Crippen molar-refractivity contribution in [3.05, 3.63) is 80.8 Å². The van der Waals surface area contributed by atoms with E-state index in [0.717, 1.165) is 24.3 Å². The standard InChI is InChI=1S/C23H14BrCl3F7N3O2S/c24-10-5-9(6-12(7-10)40(30,31,32,33)34)17-18(23(17,26)27)22(39)36-11-1-2-14(25)13(8-11)21(38)37-16-4-3-15(28)20(35)19(16)29/h1-8,17-18H,35H2,(H,36,39)(H,37,38)/t17-,18+/m0/s1. The number of hydrogen-bond donors (Lipinski definition) is 3. The van der Waals surface area contributed by atoms with Crippen molar-refractivity contribution in [2.75, 3.05) is 16.4 Å². The van der Waals surface area contributed by atoms with Gasteiger partial charge in [0, 0.05) is 16.1 Å². The molecule has 0 aromatic heterocycles. The third kappa shape index (κ3) is 6.10. The average molecular weight is 716 g/mol. The first-order chi connectivity index (χ1) is 18.1. The van der Waals surface area contributed by atoms with Gasteiger partial charge in [0.25, 0.3) is 5.91 Å². The van der Waals surface area contributed by atoms with E-state index in [2.05, 4.69) is 26.6 Å². The maximum Gasteiger partial charge on any atom is 0.310 e. The van der Waals surface area contributed by atoms with Crippen LogP contribution in [-0.4, -0.2) is 16.1 Å². The van der Waals surface area contributed by atoms with Crippen molar-refractivity contribution in [2.45, 2.75) is 15.1 Å². The van der Waals surface area contributed by atoms with E-state index in [-0.39, 0.29) is 38.4 Å². The summed E-state index contributed by atoms with van der Waals surface area (Å²) in [6.07, 6.45) is 0. The quantitative estimate of drug-likeness (QED) is 0.135. The maximum absolute atomic E-state index is 14.2. The first kappa shape index (κ1) is 30.6. The number of carbonyl (C=O) groups excluding carboxylic acids is 2. The van der Waals surface area contributed by atoms with E-state index in [9.17, 15) is 37.8 Å². The van der Waals surface area contributed by atoms with E-state index in [4.69, 9.17) is 40.5 Å². The molecule has 0 saturated heterocycles. The lowest BCUT2D eigenvalue weighted by Crippen LogP contribution is -2.18. The van der Waals surface area contributed by atoms with Crippen LogP contribution in [0.15, 0.2) is 57.9 Å². The lowest BCUT2D eigenvalue weighted by Gasteiger charge is -2.40. The number of benzene rings is 3. The van der Waals surface area contributed by atoms with Crippen LogP contribution >= 0.6 is 61.0 Å². The third-order valence-corrected chi connectivity index (χ3v) is 8.74. The molecular formula is C23H14BrCl3F7N3O2S. The molecule has 1 aliphatic carbocycles. The zero-order valence-corrected chi connectivity index (χ0v) is 23.9. The number of carbonyl (C=O) groups is 2. The SMILES string of the molecule is Nc1c(F)ccc(NC(=O)c2cc(NC(=O)[C@H]3[C@H](c4cc(Br)cc(S(F)(F)(F)(F)F)c4)C3(Cl)Cl)ccc2Cl)c1F. The number of anilines is 3. The highest BCUT2D eigenvalue weighted by atomic mass is 79.9. The van der Waals surface area contributed by atoms with Gasteiger partial charge in [-0.05, 0) is 54.1 Å². The van der Waals surface area contributed by atoms with E-state index in [0.29, 0.717) is 0 Å². The van der Waals surface area contributed by atoms with Gasteiger partial charge >= 0.3 is 10.2 Å². The molecule has 3 aromatic carbocycles. The van der Waals surface area contributed by atoms with Crippen LogP contribution in [0, 0.1) is 17.6 Å². The molecule has 1 saturated carbocycles. The average Bonchev–Trinajstić information content (AvgIpc) is 3.40. The molecule has 1 fully saturated rings. The van der Waals surface area contributed by atoms with E-state index in [1.807, 2.05) is 0 Å². The van der Waals surface area contributed by atoms with Crippen molar-refractivity contribution < 1.29 is 37.8 Å². The zero-order valence-electron chi connectivity index (χ0n) is 19.2. The first-order valence-corrected chi connectivity index (χ1v) is 14.6. The minimum absolute atomic E-state index is 0.0460. The number of nitrogens with two attached hydrogens (primary N) is 1. The largest absolute Gasteiger partial charge is 0.394 e. The van der Waals surface area contributed by atoms with Gasteiger partial charge in [0.1, 0.15) is 20.7 Å². The topological polar surface area (TPSA) is 84.2 Å². The van der Waals surface area contributed by atoms with Crippen molar-refractivity contribution in [3.63, 3.8) is 0 Å². The van der Waals surface area contributed by atoms with Gasteiger partial charge < -0.3 is 16.4 Å². The maximum atomic E-state index is 14.2. The number of amides is 2. The number of alkyl halides is 2. The Bertz CT molecular complexity index is 1590. The van der Waals surface area contributed by atoms with Gasteiger partial charge in [-0.1, -0.05) is 47.0 Å². The van der Waals surface area contributed by atoms with Gasteiger partial charge in [-0.3, -0.25) is 9.59 Å². The van der Waals surface area contributed by atoms with E-state index in [1.54, 1.807) is 0 Å². The minimum Gasteiger partial charge on any atom is -0.394 e. The lowest BCUT2D eigenvalue weighted by molar-refractivity contribution is -0.117. The second-order valence-electron chi connectivity index (χ2n) is 8.78. The summed E-state index contributed by atoms with van der Waals surface area (Å²) >= 11 is 21.1. The predicted molar refractivity (Wildman–Crippen MR) is 145 cm³/mol. The van der Waals surface area contributed by atoms with Crippen LogP contribution in [0.5, 0.6) is 0 Å². The number of rotatable bonds is 6.